The van der Waals surface area contributed by atoms with E-state index in [1.54, 1.807) is 24.7 Å². The molecule has 0 aliphatic heterocycles. The number of aromatic nitrogens is 7. The molecule has 8 heteroatoms. The number of benzene rings is 1. The summed E-state index contributed by atoms with van der Waals surface area (Å²) in [6.45, 7) is 0. The zero-order valence-electron chi connectivity index (χ0n) is 15.5. The normalized spacial score (nSPS) is 11.5. The largest absolute Gasteiger partial charge is 0.353 e. The van der Waals surface area contributed by atoms with Crippen molar-refractivity contribution in [1.29, 1.82) is 0 Å². The molecule has 30 heavy (non-hydrogen) atoms. The number of H-pyrrole nitrogens is 3. The summed E-state index contributed by atoms with van der Waals surface area (Å²) in [5, 5.41) is 16.1. The van der Waals surface area contributed by atoms with Gasteiger partial charge in [0.05, 0.1) is 17.6 Å². The number of nitrogens with zero attached hydrogens (tertiary/aromatic N) is 4. The first-order chi connectivity index (χ1) is 14.8. The van der Waals surface area contributed by atoms with E-state index < -0.39 is 0 Å². The minimum absolute atomic E-state index is 0.293. The van der Waals surface area contributed by atoms with Crippen LogP contribution in [0, 0.1) is 5.82 Å². The van der Waals surface area contributed by atoms with Gasteiger partial charge in [0.1, 0.15) is 11.5 Å². The highest BCUT2D eigenvalue weighted by Crippen LogP contribution is 2.33. The number of aromatic amines is 3. The molecule has 0 aliphatic rings. The van der Waals surface area contributed by atoms with E-state index in [0.29, 0.717) is 11.3 Å². The number of pyridine rings is 2. The molecule has 0 atom stereocenters. The maximum atomic E-state index is 13.7. The lowest BCUT2D eigenvalue weighted by Crippen LogP contribution is -1.85. The van der Waals surface area contributed by atoms with E-state index >= 15 is 0 Å². The Morgan fingerprint density at radius 3 is 2.67 bits per heavy atom. The monoisotopic (exact) mass is 395 g/mol. The average Bonchev–Trinajstić information content (AvgIpc) is 3.51. The average molecular weight is 395 g/mol. The van der Waals surface area contributed by atoms with Crippen molar-refractivity contribution in [3.63, 3.8) is 0 Å². The predicted molar refractivity (Wildman–Crippen MR) is 112 cm³/mol. The second-order valence-corrected chi connectivity index (χ2v) is 6.99. The maximum absolute atomic E-state index is 13.7. The number of halogens is 1. The highest BCUT2D eigenvalue weighted by molar-refractivity contribution is 5.99. The van der Waals surface area contributed by atoms with E-state index in [2.05, 4.69) is 35.3 Å². The van der Waals surface area contributed by atoms with Gasteiger partial charge in [-0.15, -0.1) is 0 Å². The topological polar surface area (TPSA) is 98.9 Å². The molecule has 3 N–H and O–H groups in total. The van der Waals surface area contributed by atoms with Crippen molar-refractivity contribution in [1.82, 2.24) is 35.3 Å². The second-order valence-electron chi connectivity index (χ2n) is 6.99. The number of hydrogen-bond donors (Lipinski definition) is 3. The van der Waals surface area contributed by atoms with E-state index in [1.165, 1.54) is 12.1 Å². The number of nitrogens with one attached hydrogen (secondary N) is 3. The molecule has 0 saturated carbocycles. The molecule has 0 unspecified atom stereocenters. The fourth-order valence-corrected chi connectivity index (χ4v) is 3.72. The minimum atomic E-state index is -0.293. The van der Waals surface area contributed by atoms with Crippen LogP contribution in [-0.4, -0.2) is 35.3 Å². The van der Waals surface area contributed by atoms with Crippen molar-refractivity contribution in [2.24, 2.45) is 0 Å². The summed E-state index contributed by atoms with van der Waals surface area (Å²) in [5.74, 6) is -0.293. The molecule has 144 valence electrons. The Bertz CT molecular complexity index is 1510. The van der Waals surface area contributed by atoms with E-state index in [1.807, 2.05) is 30.5 Å². The lowest BCUT2D eigenvalue weighted by atomic mass is 10.1. The Kier molecular flexibility index (Phi) is 3.51. The van der Waals surface area contributed by atoms with Gasteiger partial charge in [-0.05, 0) is 30.3 Å². The molecule has 7 nitrogen and oxygen atoms in total. The summed E-state index contributed by atoms with van der Waals surface area (Å²) in [6, 6.07) is 12.4. The number of hydrogen-bond acceptors (Lipinski definition) is 4. The highest BCUT2D eigenvalue weighted by Gasteiger charge is 2.15. The van der Waals surface area contributed by atoms with E-state index in [-0.39, 0.29) is 5.82 Å². The molecule has 0 radical (unpaired) electrons. The summed E-state index contributed by atoms with van der Waals surface area (Å²) < 4.78 is 13.7. The number of fused-ring (bicyclic) bond motifs is 2. The van der Waals surface area contributed by atoms with Crippen molar-refractivity contribution in [2.75, 3.05) is 0 Å². The Balaban J connectivity index is 1.53. The van der Waals surface area contributed by atoms with Gasteiger partial charge in [-0.2, -0.15) is 10.2 Å². The molecule has 0 spiro atoms. The Labute approximate surface area is 169 Å². The maximum Gasteiger partial charge on any atom is 0.155 e. The zero-order chi connectivity index (χ0) is 20.1. The Morgan fingerprint density at radius 2 is 1.80 bits per heavy atom. The first-order valence-corrected chi connectivity index (χ1v) is 9.33. The second kappa shape index (κ2) is 6.35. The fourth-order valence-electron chi connectivity index (χ4n) is 3.72. The molecule has 0 aliphatic carbocycles. The van der Waals surface area contributed by atoms with Gasteiger partial charge in [0.15, 0.2) is 5.65 Å². The van der Waals surface area contributed by atoms with Crippen molar-refractivity contribution in [3.05, 3.63) is 73.1 Å². The molecule has 6 rings (SSSR count). The van der Waals surface area contributed by atoms with Gasteiger partial charge in [0.25, 0.3) is 0 Å². The lowest BCUT2D eigenvalue weighted by molar-refractivity contribution is 0.628. The summed E-state index contributed by atoms with van der Waals surface area (Å²) in [7, 11) is 0. The zero-order valence-corrected chi connectivity index (χ0v) is 15.5. The third-order valence-corrected chi connectivity index (χ3v) is 5.15. The van der Waals surface area contributed by atoms with Gasteiger partial charge in [-0.1, -0.05) is 12.1 Å². The quantitative estimate of drug-likeness (QED) is 0.404. The molecule has 0 bridgehead atoms. The Morgan fingerprint density at radius 1 is 0.833 bits per heavy atom. The molecular formula is C22H14FN7. The molecule has 0 fully saturated rings. The molecule has 0 saturated heterocycles. The molecule has 5 heterocycles. The lowest BCUT2D eigenvalue weighted by Gasteiger charge is -2.02. The van der Waals surface area contributed by atoms with Crippen LogP contribution >= 0.6 is 0 Å². The molecule has 5 aromatic heterocycles. The molecule has 1 aromatic carbocycles. The van der Waals surface area contributed by atoms with Gasteiger partial charge in [-0.3, -0.25) is 15.2 Å². The van der Waals surface area contributed by atoms with Crippen molar-refractivity contribution in [3.8, 4) is 33.8 Å². The van der Waals surface area contributed by atoms with Gasteiger partial charge in [-0.25, -0.2) is 9.37 Å². The van der Waals surface area contributed by atoms with E-state index in [4.69, 9.17) is 0 Å². The van der Waals surface area contributed by atoms with Crippen LogP contribution < -0.4 is 0 Å². The SMILES string of the molecule is Fc1cccc(-c2nccc3[nH]c(-c4n[nH]c5ncc(-c6cn[nH]c6)cc45)cc23)c1. The first-order valence-electron chi connectivity index (χ1n) is 9.33. The third kappa shape index (κ3) is 2.58. The summed E-state index contributed by atoms with van der Waals surface area (Å²) >= 11 is 0. The molecule has 0 amide bonds. The molecule has 6 aromatic rings. The van der Waals surface area contributed by atoms with Crippen LogP contribution in [0.25, 0.3) is 55.7 Å². The van der Waals surface area contributed by atoms with Crippen LogP contribution in [0.4, 0.5) is 4.39 Å². The van der Waals surface area contributed by atoms with Crippen molar-refractivity contribution < 1.29 is 4.39 Å². The van der Waals surface area contributed by atoms with Crippen LogP contribution in [0.2, 0.25) is 0 Å². The summed E-state index contributed by atoms with van der Waals surface area (Å²) in [5.41, 5.74) is 6.50. The van der Waals surface area contributed by atoms with Gasteiger partial charge in [0, 0.05) is 51.6 Å². The van der Waals surface area contributed by atoms with Crippen LogP contribution in [0.5, 0.6) is 0 Å². The predicted octanol–water partition coefficient (Wildman–Crippen LogP) is 4.70. The highest BCUT2D eigenvalue weighted by atomic mass is 19.1. The Hall–Kier alpha value is -4.33. The first kappa shape index (κ1) is 16.6. The summed E-state index contributed by atoms with van der Waals surface area (Å²) in [4.78, 5) is 12.4. The van der Waals surface area contributed by atoms with E-state index in [0.717, 1.165) is 44.4 Å². The van der Waals surface area contributed by atoms with Gasteiger partial charge < -0.3 is 4.98 Å². The summed E-state index contributed by atoms with van der Waals surface area (Å²) in [6.07, 6.45) is 7.07. The van der Waals surface area contributed by atoms with Gasteiger partial charge in [0.2, 0.25) is 0 Å². The van der Waals surface area contributed by atoms with Gasteiger partial charge >= 0.3 is 0 Å². The van der Waals surface area contributed by atoms with Crippen molar-refractivity contribution >= 4 is 21.9 Å². The number of rotatable bonds is 3. The van der Waals surface area contributed by atoms with Crippen LogP contribution in [-0.2, 0) is 0 Å². The smallest absolute Gasteiger partial charge is 0.155 e. The van der Waals surface area contributed by atoms with E-state index in [9.17, 15) is 4.39 Å². The standard InChI is InChI=1S/C22H14FN7/c23-15-3-1-2-12(6-15)20-16-8-19(28-18(16)4-5-24-20)21-17-7-13(14-10-26-27-11-14)9-25-22(17)30-29-21/h1-11,28H,(H,26,27)(H,25,29,30). The molecular weight excluding hydrogens is 381 g/mol. The van der Waals surface area contributed by atoms with Crippen molar-refractivity contribution in [2.45, 2.75) is 0 Å². The third-order valence-electron chi connectivity index (χ3n) is 5.15. The van der Waals surface area contributed by atoms with Crippen LogP contribution in [0.15, 0.2) is 67.3 Å². The minimum Gasteiger partial charge on any atom is -0.353 e. The van der Waals surface area contributed by atoms with Crippen LogP contribution in [0.3, 0.4) is 0 Å². The van der Waals surface area contributed by atoms with Crippen LogP contribution in [0.1, 0.15) is 0 Å². The fraction of sp³-hybridized carbons (Fsp3) is 0.